The first-order valence-corrected chi connectivity index (χ1v) is 7.53. The first kappa shape index (κ1) is 15.2. The average Bonchev–Trinajstić information content (AvgIpc) is 2.97. The minimum absolute atomic E-state index is 0. The van der Waals surface area contributed by atoms with Crippen LogP contribution in [0, 0.1) is 0 Å². The molecule has 0 bridgehead atoms. The van der Waals surface area contributed by atoms with Gasteiger partial charge in [-0.2, -0.15) is 6.07 Å². The molecule has 0 unspecified atom stereocenters. The van der Waals surface area contributed by atoms with E-state index < -0.39 is 0 Å². The summed E-state index contributed by atoms with van der Waals surface area (Å²) < 4.78 is 0. The van der Waals surface area contributed by atoms with Gasteiger partial charge in [-0.3, -0.25) is 0 Å². The molecule has 0 amide bonds. The number of aryl methyl sites for hydroxylation is 1. The predicted octanol–water partition coefficient (Wildman–Crippen LogP) is 5.94. The van der Waals surface area contributed by atoms with E-state index in [1.807, 2.05) is 0 Å². The molecular weight excluding hydrogens is 300 g/mol. The van der Waals surface area contributed by atoms with Crippen LogP contribution >= 0.6 is 0 Å². The summed E-state index contributed by atoms with van der Waals surface area (Å²) in [5.74, 6) is 0. The Labute approximate surface area is 146 Å². The first-order valence-electron chi connectivity index (χ1n) is 7.53. The van der Waals surface area contributed by atoms with Gasteiger partial charge in [0.1, 0.15) is 0 Å². The van der Waals surface area contributed by atoms with Crippen molar-refractivity contribution in [1.29, 1.82) is 0 Å². The molecule has 0 spiro atoms. The van der Waals surface area contributed by atoms with Gasteiger partial charge < -0.3 is 0 Å². The molecule has 0 aliphatic heterocycles. The summed E-state index contributed by atoms with van der Waals surface area (Å²) in [6.45, 7) is 2.21. The topological polar surface area (TPSA) is 0 Å². The Morgan fingerprint density at radius 3 is 2.27 bits per heavy atom. The van der Waals surface area contributed by atoms with E-state index in [2.05, 4.69) is 79.7 Å². The third-order valence-corrected chi connectivity index (χ3v) is 4.30. The molecule has 0 aliphatic carbocycles. The number of fused-ring (bicyclic) bond motifs is 2. The van der Waals surface area contributed by atoms with Crippen LogP contribution in [0.1, 0.15) is 12.5 Å². The third-order valence-electron chi connectivity index (χ3n) is 4.30. The molecule has 0 aliphatic rings. The van der Waals surface area contributed by atoms with E-state index in [0.29, 0.717) is 0 Å². The maximum absolute atomic E-state index is 2.34. The monoisotopic (exact) mass is 317 g/mol. The molecule has 0 saturated carbocycles. The zero-order valence-electron chi connectivity index (χ0n) is 12.6. The zero-order chi connectivity index (χ0) is 14.2. The van der Waals surface area contributed by atoms with Crippen LogP contribution in [0.4, 0.5) is 0 Å². The van der Waals surface area contributed by atoms with Crippen molar-refractivity contribution >= 4 is 21.5 Å². The largest absolute Gasteiger partial charge is 0.164 e. The molecule has 0 radical (unpaired) electrons. The van der Waals surface area contributed by atoms with Gasteiger partial charge in [-0.25, -0.2) is 0 Å². The SMILES string of the molecule is CCc1cc2c(-c3cccc4ccccc34)cccc2[cH-]1.[Ti]. The normalized spacial score (nSPS) is 10.8. The van der Waals surface area contributed by atoms with Gasteiger partial charge in [0, 0.05) is 21.7 Å². The Balaban J connectivity index is 0.00000144. The van der Waals surface area contributed by atoms with Crippen molar-refractivity contribution in [3.63, 3.8) is 0 Å². The van der Waals surface area contributed by atoms with Crippen LogP contribution in [0.5, 0.6) is 0 Å². The van der Waals surface area contributed by atoms with Crippen LogP contribution in [0.15, 0.2) is 72.8 Å². The van der Waals surface area contributed by atoms with Gasteiger partial charge in [-0.15, -0.1) is 34.5 Å². The molecule has 0 fully saturated rings. The van der Waals surface area contributed by atoms with Crippen LogP contribution in [-0.4, -0.2) is 0 Å². The second-order valence-corrected chi connectivity index (χ2v) is 5.55. The van der Waals surface area contributed by atoms with Crippen LogP contribution < -0.4 is 0 Å². The van der Waals surface area contributed by atoms with Crippen LogP contribution in [0.3, 0.4) is 0 Å². The van der Waals surface area contributed by atoms with Gasteiger partial charge in [0.2, 0.25) is 0 Å². The molecule has 0 heterocycles. The van der Waals surface area contributed by atoms with Gasteiger partial charge in [-0.05, 0) is 22.8 Å². The second-order valence-electron chi connectivity index (χ2n) is 5.55. The maximum Gasteiger partial charge on any atom is 0 e. The Morgan fingerprint density at radius 1 is 0.773 bits per heavy atom. The molecule has 22 heavy (non-hydrogen) atoms. The Kier molecular flexibility index (Phi) is 4.24. The van der Waals surface area contributed by atoms with Gasteiger partial charge in [0.15, 0.2) is 0 Å². The number of hydrogen-bond donors (Lipinski definition) is 0. The van der Waals surface area contributed by atoms with Crippen molar-refractivity contribution in [3.8, 4) is 11.1 Å². The van der Waals surface area contributed by atoms with Crippen LogP contribution in [0.2, 0.25) is 0 Å². The summed E-state index contributed by atoms with van der Waals surface area (Å²) in [6.07, 6.45) is 1.09. The van der Waals surface area contributed by atoms with E-state index in [1.165, 1.54) is 38.2 Å². The average molecular weight is 317 g/mol. The standard InChI is InChI=1S/C21H17.Ti/c1-2-15-13-17-9-6-12-20(21(17)14-15)19-11-5-8-16-7-3-4-10-18(16)19;/h3-14H,2H2,1H3;/q-1;. The summed E-state index contributed by atoms with van der Waals surface area (Å²) in [6, 6.07) is 26.5. The minimum atomic E-state index is 0. The molecule has 0 N–H and O–H groups in total. The van der Waals surface area contributed by atoms with E-state index in [1.54, 1.807) is 0 Å². The van der Waals surface area contributed by atoms with E-state index in [4.69, 9.17) is 0 Å². The summed E-state index contributed by atoms with van der Waals surface area (Å²) in [4.78, 5) is 0. The van der Waals surface area contributed by atoms with Gasteiger partial charge in [0.25, 0.3) is 0 Å². The quantitative estimate of drug-likeness (QED) is 0.317. The van der Waals surface area contributed by atoms with Crippen molar-refractivity contribution in [3.05, 3.63) is 78.4 Å². The number of hydrogen-bond acceptors (Lipinski definition) is 0. The molecular formula is C21H17Ti-. The molecule has 106 valence electrons. The fourth-order valence-corrected chi connectivity index (χ4v) is 3.20. The van der Waals surface area contributed by atoms with Crippen LogP contribution in [0.25, 0.3) is 32.7 Å². The first-order chi connectivity index (χ1) is 10.4. The minimum Gasteiger partial charge on any atom is -0.164 e. The van der Waals surface area contributed by atoms with Crippen LogP contribution in [-0.2, 0) is 28.1 Å². The fourth-order valence-electron chi connectivity index (χ4n) is 3.20. The van der Waals surface area contributed by atoms with Crippen molar-refractivity contribution in [2.24, 2.45) is 0 Å². The smallest absolute Gasteiger partial charge is 0 e. The Bertz CT molecular complexity index is 926. The predicted molar refractivity (Wildman–Crippen MR) is 91.9 cm³/mol. The summed E-state index contributed by atoms with van der Waals surface area (Å²) in [7, 11) is 0. The summed E-state index contributed by atoms with van der Waals surface area (Å²) in [5.41, 5.74) is 4.08. The molecule has 4 aromatic carbocycles. The molecule has 0 aromatic heterocycles. The summed E-state index contributed by atoms with van der Waals surface area (Å²) in [5, 5.41) is 5.34. The third kappa shape index (κ3) is 2.43. The fraction of sp³-hybridized carbons (Fsp3) is 0.0952. The molecule has 1 heteroatoms. The van der Waals surface area contributed by atoms with Crippen molar-refractivity contribution in [2.75, 3.05) is 0 Å². The van der Waals surface area contributed by atoms with Gasteiger partial charge >= 0.3 is 0 Å². The molecule has 0 saturated heterocycles. The van der Waals surface area contributed by atoms with Crippen molar-refractivity contribution in [1.82, 2.24) is 0 Å². The summed E-state index contributed by atoms with van der Waals surface area (Å²) >= 11 is 0. The second kappa shape index (κ2) is 6.16. The molecule has 4 aromatic rings. The number of benzene rings is 3. The maximum atomic E-state index is 2.34. The molecule has 0 nitrogen and oxygen atoms in total. The van der Waals surface area contributed by atoms with E-state index in [0.717, 1.165) is 6.42 Å². The molecule has 0 atom stereocenters. The van der Waals surface area contributed by atoms with E-state index in [9.17, 15) is 0 Å². The van der Waals surface area contributed by atoms with Gasteiger partial charge in [0.05, 0.1) is 0 Å². The number of rotatable bonds is 2. The Hall–Kier alpha value is -1.76. The van der Waals surface area contributed by atoms with Crippen molar-refractivity contribution in [2.45, 2.75) is 13.3 Å². The van der Waals surface area contributed by atoms with Crippen molar-refractivity contribution < 1.29 is 21.7 Å². The van der Waals surface area contributed by atoms with Gasteiger partial charge in [-0.1, -0.05) is 61.0 Å². The van der Waals surface area contributed by atoms with E-state index in [-0.39, 0.29) is 21.7 Å². The van der Waals surface area contributed by atoms with E-state index >= 15 is 0 Å². The Morgan fingerprint density at radius 2 is 1.45 bits per heavy atom. The molecule has 4 rings (SSSR count). The zero-order valence-corrected chi connectivity index (χ0v) is 14.2.